The molecular formula is C20H17BCl2F2N2O. The van der Waals surface area contributed by atoms with Crippen molar-refractivity contribution in [2.24, 2.45) is 0 Å². The molecule has 0 radical (unpaired) electrons. The monoisotopic (exact) mass is 420 g/mol. The van der Waals surface area contributed by atoms with E-state index < -0.39 is 6.97 Å². The molecule has 2 aliphatic heterocycles. The summed E-state index contributed by atoms with van der Waals surface area (Å²) in [4.78, 5) is 11.7. The summed E-state index contributed by atoms with van der Waals surface area (Å²) in [7, 11) is 0. The van der Waals surface area contributed by atoms with E-state index in [0.29, 0.717) is 50.0 Å². The van der Waals surface area contributed by atoms with Crippen LogP contribution in [0.25, 0.3) is 5.57 Å². The number of allylic oxidation sites excluding steroid dienone is 2. The van der Waals surface area contributed by atoms with Crippen molar-refractivity contribution in [3.05, 3.63) is 73.7 Å². The molecular weight excluding hydrogens is 404 g/mol. The Balaban J connectivity index is 2.28. The van der Waals surface area contributed by atoms with E-state index in [1.54, 1.807) is 52.0 Å². The standard InChI is InChI=1S/C20H17BCl2F2N2O/c1-10-8-11(2)26-19(10)18(17-15(22)6-5-7-16(17)23)20-12(3)14(9-28)13(4)27(20)21(26,24)25/h5-9H,1-4H3. The van der Waals surface area contributed by atoms with Gasteiger partial charge in [-0.25, -0.2) is 0 Å². The molecule has 0 saturated carbocycles. The largest absolute Gasteiger partial charge is 0.737 e. The van der Waals surface area contributed by atoms with Gasteiger partial charge in [-0.1, -0.05) is 29.3 Å². The Morgan fingerprint density at radius 2 is 1.71 bits per heavy atom. The highest BCUT2D eigenvalue weighted by atomic mass is 35.5. The molecule has 0 amide bonds. The van der Waals surface area contributed by atoms with E-state index in [0.717, 1.165) is 8.96 Å². The maximum atomic E-state index is 15.7. The van der Waals surface area contributed by atoms with Gasteiger partial charge in [0.25, 0.3) is 0 Å². The summed E-state index contributed by atoms with van der Waals surface area (Å²) in [5.74, 6) is 0. The molecule has 0 aliphatic carbocycles. The Morgan fingerprint density at radius 1 is 1.11 bits per heavy atom. The molecule has 3 nitrogen and oxygen atoms in total. The Morgan fingerprint density at radius 3 is 2.29 bits per heavy atom. The van der Waals surface area contributed by atoms with Gasteiger partial charge in [0.1, 0.15) is 5.71 Å². The van der Waals surface area contributed by atoms with Crippen molar-refractivity contribution in [2.45, 2.75) is 27.7 Å². The number of carbonyl (C=O) groups is 1. The minimum atomic E-state index is -4.18. The minimum absolute atomic E-state index is 0.226. The van der Waals surface area contributed by atoms with Crippen LogP contribution in [-0.2, 0) is 4.79 Å². The van der Waals surface area contributed by atoms with Crippen molar-refractivity contribution in [3.63, 3.8) is 0 Å². The molecule has 4 rings (SSSR count). The summed E-state index contributed by atoms with van der Waals surface area (Å²) < 4.78 is 33.5. The molecule has 3 heterocycles. The molecule has 0 spiro atoms. The molecule has 0 unspecified atom stereocenters. The number of hydrogen-bond acceptors (Lipinski definition) is 1. The Bertz CT molecular complexity index is 1150. The van der Waals surface area contributed by atoms with Crippen LogP contribution in [0.1, 0.15) is 36.4 Å². The third kappa shape index (κ3) is 2.28. The zero-order chi connectivity index (χ0) is 20.5. The average molecular weight is 421 g/mol. The predicted molar refractivity (Wildman–Crippen MR) is 109 cm³/mol. The fourth-order valence-corrected chi connectivity index (χ4v) is 5.07. The van der Waals surface area contributed by atoms with Gasteiger partial charge in [-0.3, -0.25) is 4.79 Å². The van der Waals surface area contributed by atoms with Crippen molar-refractivity contribution in [1.82, 2.24) is 4.48 Å². The molecule has 144 valence electrons. The predicted octanol–water partition coefficient (Wildman–Crippen LogP) is 5.41. The SMILES string of the molecule is CC1=C(C=O)C(C)=[N+]2C1=C(c1c(Cl)cccc1Cl)c1c(C)cc(C)n1[B-]2(F)F. The van der Waals surface area contributed by atoms with Crippen molar-refractivity contribution in [2.75, 3.05) is 0 Å². The zero-order valence-corrected chi connectivity index (χ0v) is 17.3. The summed E-state index contributed by atoms with van der Waals surface area (Å²) >= 11 is 13.0. The highest BCUT2D eigenvalue weighted by molar-refractivity contribution is 6.58. The first-order valence-electron chi connectivity index (χ1n) is 8.82. The van der Waals surface area contributed by atoms with Gasteiger partial charge in [-0.2, -0.15) is 0 Å². The van der Waals surface area contributed by atoms with Crippen LogP contribution in [-0.4, -0.2) is 27.9 Å². The smallest absolute Gasteiger partial charge is 0.393 e. The van der Waals surface area contributed by atoms with Crippen molar-refractivity contribution in [3.8, 4) is 0 Å². The fraction of sp³-hybridized carbons (Fsp3) is 0.200. The first kappa shape index (κ1) is 19.2. The lowest BCUT2D eigenvalue weighted by Crippen LogP contribution is -2.51. The molecule has 1 aromatic carbocycles. The summed E-state index contributed by atoms with van der Waals surface area (Å²) in [5.41, 5.74) is 3.77. The molecule has 8 heteroatoms. The van der Waals surface area contributed by atoms with Crippen molar-refractivity contribution < 1.29 is 17.9 Å². The molecule has 0 atom stereocenters. The van der Waals surface area contributed by atoms with Gasteiger partial charge in [-0.15, -0.1) is 0 Å². The molecule has 2 aromatic rings. The lowest BCUT2D eigenvalue weighted by Gasteiger charge is -2.34. The molecule has 0 N–H and O–H groups in total. The summed E-state index contributed by atoms with van der Waals surface area (Å²) in [5, 5.41) is 0.727. The van der Waals surface area contributed by atoms with Gasteiger partial charge in [0.15, 0.2) is 12.0 Å². The van der Waals surface area contributed by atoms with E-state index in [9.17, 15) is 4.79 Å². The third-order valence-corrected chi connectivity index (χ3v) is 6.23. The van der Waals surface area contributed by atoms with Crippen LogP contribution in [0, 0.1) is 13.8 Å². The van der Waals surface area contributed by atoms with E-state index in [1.165, 1.54) is 0 Å². The van der Waals surface area contributed by atoms with Gasteiger partial charge in [0.05, 0.1) is 21.2 Å². The van der Waals surface area contributed by atoms with E-state index >= 15 is 8.63 Å². The van der Waals surface area contributed by atoms with Crippen LogP contribution < -0.4 is 0 Å². The number of hydrogen-bond donors (Lipinski definition) is 0. The lowest BCUT2D eigenvalue weighted by molar-refractivity contribution is -0.363. The maximum Gasteiger partial charge on any atom is 0.737 e. The average Bonchev–Trinajstić information content (AvgIpc) is 3.04. The van der Waals surface area contributed by atoms with Gasteiger partial charge in [0.2, 0.25) is 0 Å². The van der Waals surface area contributed by atoms with Crippen LogP contribution in [0.2, 0.25) is 10.0 Å². The lowest BCUT2D eigenvalue weighted by atomic mass is 9.83. The first-order chi connectivity index (χ1) is 13.1. The Kier molecular flexibility index (Phi) is 4.21. The van der Waals surface area contributed by atoms with E-state index in [1.807, 2.05) is 0 Å². The quantitative estimate of drug-likeness (QED) is 0.471. The summed E-state index contributed by atoms with van der Waals surface area (Å²) in [6, 6.07) is 6.80. The number of benzene rings is 1. The number of nitrogens with zero attached hydrogens (tertiary/aromatic N) is 2. The first-order valence-corrected chi connectivity index (χ1v) is 9.58. The van der Waals surface area contributed by atoms with Crippen LogP contribution in [0.5, 0.6) is 0 Å². The number of aromatic nitrogens is 1. The number of carbonyl (C=O) groups excluding carboxylic acids is 1. The number of fused-ring (bicyclic) bond motifs is 2. The van der Waals surface area contributed by atoms with Crippen LogP contribution in [0.15, 0.2) is 41.1 Å². The summed E-state index contributed by atoms with van der Waals surface area (Å²) in [6.45, 7) is 2.47. The Labute approximate surface area is 171 Å². The summed E-state index contributed by atoms with van der Waals surface area (Å²) in [6.07, 6.45) is 0.628. The molecule has 0 fully saturated rings. The number of aldehydes is 1. The second-order valence-corrected chi connectivity index (χ2v) is 8.02. The zero-order valence-electron chi connectivity index (χ0n) is 15.8. The van der Waals surface area contributed by atoms with E-state index in [-0.39, 0.29) is 17.0 Å². The van der Waals surface area contributed by atoms with E-state index in [2.05, 4.69) is 0 Å². The number of rotatable bonds is 2. The Hall–Kier alpha value is -2.18. The molecule has 2 aliphatic rings. The molecule has 28 heavy (non-hydrogen) atoms. The normalized spacial score (nSPS) is 18.0. The van der Waals surface area contributed by atoms with E-state index in [4.69, 9.17) is 23.2 Å². The highest BCUT2D eigenvalue weighted by Gasteiger charge is 2.56. The van der Waals surface area contributed by atoms with Gasteiger partial charge in [0, 0.05) is 23.8 Å². The molecule has 1 aromatic heterocycles. The minimum Gasteiger partial charge on any atom is -0.393 e. The second-order valence-electron chi connectivity index (χ2n) is 7.21. The van der Waals surface area contributed by atoms with Gasteiger partial charge in [-0.05, 0) is 50.2 Å². The van der Waals surface area contributed by atoms with Crippen LogP contribution in [0.4, 0.5) is 8.63 Å². The fourth-order valence-electron chi connectivity index (χ4n) is 4.48. The second kappa shape index (κ2) is 6.16. The third-order valence-electron chi connectivity index (χ3n) is 5.60. The number of aryl methyl sites for hydroxylation is 2. The topological polar surface area (TPSA) is 25.0 Å². The van der Waals surface area contributed by atoms with Crippen LogP contribution in [0.3, 0.4) is 0 Å². The highest BCUT2D eigenvalue weighted by Crippen LogP contribution is 2.48. The van der Waals surface area contributed by atoms with Crippen molar-refractivity contribution in [1.29, 1.82) is 0 Å². The van der Waals surface area contributed by atoms with Crippen LogP contribution >= 0.6 is 23.2 Å². The van der Waals surface area contributed by atoms with Crippen molar-refractivity contribution >= 4 is 47.7 Å². The molecule has 0 saturated heterocycles. The molecule has 0 bridgehead atoms. The number of halogens is 4. The maximum absolute atomic E-state index is 15.7. The van der Waals surface area contributed by atoms with Gasteiger partial charge < -0.3 is 17.6 Å². The van der Waals surface area contributed by atoms with Gasteiger partial charge >= 0.3 is 6.97 Å².